The van der Waals surface area contributed by atoms with Gasteiger partial charge in [0.2, 0.25) is 17.6 Å². The number of carbonyl (C=O) groups excluding carboxylic acids is 5. The van der Waals surface area contributed by atoms with Gasteiger partial charge in [-0.15, -0.1) is 0 Å². The highest BCUT2D eigenvalue weighted by molar-refractivity contribution is 7.92. The van der Waals surface area contributed by atoms with Crippen LogP contribution in [0.4, 0.5) is 4.79 Å². The van der Waals surface area contributed by atoms with E-state index in [0.29, 0.717) is 64.3 Å². The molecule has 13 heteroatoms. The third-order valence-electron chi connectivity index (χ3n) is 11.5. The first-order chi connectivity index (χ1) is 23.8. The van der Waals surface area contributed by atoms with E-state index in [0.717, 1.165) is 57.8 Å². The van der Waals surface area contributed by atoms with Crippen molar-refractivity contribution in [3.63, 3.8) is 0 Å². The largest absolute Gasteiger partial charge is 0.347 e. The molecule has 284 valence electrons. The van der Waals surface area contributed by atoms with Crippen LogP contribution in [0.3, 0.4) is 0 Å². The Morgan fingerprint density at radius 3 is 2.08 bits per heavy atom. The Kier molecular flexibility index (Phi) is 14.6. The van der Waals surface area contributed by atoms with Gasteiger partial charge in [-0.05, 0) is 69.6 Å². The zero-order chi connectivity index (χ0) is 36.5. The van der Waals surface area contributed by atoms with Crippen LogP contribution in [-0.2, 0) is 29.0 Å². The molecule has 4 N–H and O–H groups in total. The van der Waals surface area contributed by atoms with Gasteiger partial charge in [0.05, 0.1) is 22.6 Å². The molecule has 0 bridgehead atoms. The summed E-state index contributed by atoms with van der Waals surface area (Å²) in [5, 5.41) is 11.0. The fourth-order valence-electron chi connectivity index (χ4n) is 8.45. The Balaban J connectivity index is 1.52. The number of sulfone groups is 1. The van der Waals surface area contributed by atoms with E-state index in [4.69, 9.17) is 0 Å². The van der Waals surface area contributed by atoms with Crippen molar-refractivity contribution in [1.29, 1.82) is 0 Å². The fourth-order valence-corrected chi connectivity index (χ4v) is 10.8. The molecule has 0 radical (unpaired) electrons. The van der Waals surface area contributed by atoms with Gasteiger partial charge in [0.15, 0.2) is 9.84 Å². The zero-order valence-electron chi connectivity index (χ0n) is 30.9. The van der Waals surface area contributed by atoms with E-state index in [9.17, 15) is 32.4 Å². The summed E-state index contributed by atoms with van der Waals surface area (Å²) in [6.45, 7) is 8.44. The number of nitrogens with one attached hydrogen (secondary N) is 4. The molecule has 5 atom stereocenters. The number of nitrogens with zero attached hydrogens (tertiary/aromatic N) is 1. The minimum Gasteiger partial charge on any atom is -0.347 e. The molecule has 0 spiro atoms. The summed E-state index contributed by atoms with van der Waals surface area (Å²) >= 11 is 0. The van der Waals surface area contributed by atoms with E-state index in [1.54, 1.807) is 4.90 Å². The number of carbonyl (C=O) groups is 5. The Labute approximate surface area is 299 Å². The molecule has 0 aromatic carbocycles. The van der Waals surface area contributed by atoms with Crippen molar-refractivity contribution in [3.05, 3.63) is 0 Å². The van der Waals surface area contributed by atoms with Crippen molar-refractivity contribution in [2.24, 2.45) is 11.8 Å². The lowest BCUT2D eigenvalue weighted by molar-refractivity contribution is -0.143. The maximum atomic E-state index is 14.4. The monoisotopic (exact) mass is 721 g/mol. The van der Waals surface area contributed by atoms with Gasteiger partial charge in [-0.1, -0.05) is 85.5 Å². The molecular formula is C37H63N5O7S. The van der Waals surface area contributed by atoms with Gasteiger partial charge in [0.1, 0.15) is 12.1 Å². The van der Waals surface area contributed by atoms with Gasteiger partial charge >= 0.3 is 6.03 Å². The smallest absolute Gasteiger partial charge is 0.315 e. The first-order valence-corrected chi connectivity index (χ1v) is 21.3. The predicted octanol–water partition coefficient (Wildman–Crippen LogP) is 4.30. The highest BCUT2D eigenvalue weighted by atomic mass is 32.2. The molecule has 0 aromatic rings. The number of unbranched alkanes of at least 4 members (excludes halogenated alkanes) is 4. The second-order valence-corrected chi connectivity index (χ2v) is 18.0. The third-order valence-corrected chi connectivity index (χ3v) is 13.9. The maximum Gasteiger partial charge on any atom is 0.315 e. The molecule has 2 saturated heterocycles. The van der Waals surface area contributed by atoms with E-state index >= 15 is 0 Å². The van der Waals surface area contributed by atoms with Crippen molar-refractivity contribution in [2.45, 2.75) is 178 Å². The number of ketones is 1. The number of amides is 5. The van der Waals surface area contributed by atoms with Crippen LogP contribution in [0, 0.1) is 11.8 Å². The van der Waals surface area contributed by atoms with Crippen molar-refractivity contribution >= 4 is 39.4 Å². The molecule has 5 amide bonds. The Hall–Kier alpha value is -2.70. The average Bonchev–Trinajstić information content (AvgIpc) is 3.64. The first kappa shape index (κ1) is 40.1. The van der Waals surface area contributed by atoms with E-state index < -0.39 is 62.4 Å². The van der Waals surface area contributed by atoms with Gasteiger partial charge < -0.3 is 26.2 Å². The second-order valence-electron chi connectivity index (χ2n) is 15.7. The Morgan fingerprint density at radius 2 is 1.48 bits per heavy atom. The molecule has 2 saturated carbocycles. The van der Waals surface area contributed by atoms with Crippen LogP contribution >= 0.6 is 0 Å². The summed E-state index contributed by atoms with van der Waals surface area (Å²) in [6, 6.07) is -3.29. The van der Waals surface area contributed by atoms with Crippen LogP contribution in [0.1, 0.15) is 143 Å². The third kappa shape index (κ3) is 10.2. The van der Waals surface area contributed by atoms with Gasteiger partial charge in [-0.2, -0.15) is 0 Å². The molecular weight excluding hydrogens is 659 g/mol. The molecule has 2 aliphatic heterocycles. The minimum absolute atomic E-state index is 0.0106. The standard InChI is InChI=1S/C37H63N5O7S/c1-5-7-9-11-16-28(32(43)34(45)38-26-18-19-26)39-33(44)31-27(25(3)4)20-23-42(31)35(46)29(15-8-6-2)40-36(47)41-37(21-12-10-13-22-37)30-17-14-24-50(30,48)49/h25-31H,5-24H2,1-4H3,(H,38,45)(H,39,44)(H2,40,41,47)/t27-,28+,29+,30-,31+/m1/s1. The molecule has 12 nitrogen and oxygen atoms in total. The minimum atomic E-state index is -3.34. The van der Waals surface area contributed by atoms with Crippen LogP contribution in [-0.4, -0.2) is 90.1 Å². The molecule has 0 aromatic heterocycles. The van der Waals surface area contributed by atoms with Crippen molar-refractivity contribution in [3.8, 4) is 0 Å². The van der Waals surface area contributed by atoms with E-state index in [1.165, 1.54) is 0 Å². The molecule has 2 aliphatic carbocycles. The van der Waals surface area contributed by atoms with Gasteiger partial charge in [0, 0.05) is 12.6 Å². The lowest BCUT2D eigenvalue weighted by atomic mass is 9.78. The van der Waals surface area contributed by atoms with E-state index in [-0.39, 0.29) is 29.5 Å². The first-order valence-electron chi connectivity index (χ1n) is 19.6. The van der Waals surface area contributed by atoms with Crippen LogP contribution in [0.2, 0.25) is 0 Å². The quantitative estimate of drug-likeness (QED) is 0.121. The SMILES string of the molecule is CCCCCC[C@H](NC(=O)[C@@H]1[C@@H](C(C)C)CCN1C(=O)[C@H](CCCC)NC(=O)NC1([C@H]2CCCS2(=O)=O)CCCCC1)C(=O)C(=O)NC1CC1. The van der Waals surface area contributed by atoms with E-state index in [2.05, 4.69) is 28.2 Å². The van der Waals surface area contributed by atoms with Crippen LogP contribution < -0.4 is 21.3 Å². The van der Waals surface area contributed by atoms with Crippen LogP contribution in [0.5, 0.6) is 0 Å². The summed E-state index contributed by atoms with van der Waals surface area (Å²) in [4.78, 5) is 69.9. The molecule has 2 heterocycles. The topological polar surface area (TPSA) is 171 Å². The zero-order valence-corrected chi connectivity index (χ0v) is 31.7. The molecule has 4 aliphatic rings. The summed E-state index contributed by atoms with van der Waals surface area (Å²) in [6.07, 6.45) is 12.9. The molecule has 50 heavy (non-hydrogen) atoms. The number of hydrogen-bond donors (Lipinski definition) is 4. The van der Waals surface area contributed by atoms with Crippen molar-refractivity contribution in [1.82, 2.24) is 26.2 Å². The fraction of sp³-hybridized carbons (Fsp3) is 0.865. The maximum absolute atomic E-state index is 14.4. The van der Waals surface area contributed by atoms with Crippen molar-refractivity contribution < 1.29 is 32.4 Å². The predicted molar refractivity (Wildman–Crippen MR) is 193 cm³/mol. The second kappa shape index (κ2) is 18.2. The summed E-state index contributed by atoms with van der Waals surface area (Å²) in [7, 11) is -3.34. The molecule has 0 unspecified atom stereocenters. The average molecular weight is 722 g/mol. The van der Waals surface area contributed by atoms with Gasteiger partial charge in [-0.25, -0.2) is 13.2 Å². The van der Waals surface area contributed by atoms with Crippen LogP contribution in [0.25, 0.3) is 0 Å². The number of Topliss-reactive ketones (excluding diaryl/α,β-unsaturated/α-hetero) is 1. The van der Waals surface area contributed by atoms with Crippen molar-refractivity contribution in [2.75, 3.05) is 12.3 Å². The number of likely N-dealkylation sites (tertiary alicyclic amines) is 1. The van der Waals surface area contributed by atoms with Crippen LogP contribution in [0.15, 0.2) is 0 Å². The Bertz CT molecular complexity index is 1310. The van der Waals surface area contributed by atoms with E-state index in [1.807, 2.05) is 20.8 Å². The molecule has 4 fully saturated rings. The molecule has 4 rings (SSSR count). The summed E-state index contributed by atoms with van der Waals surface area (Å²) < 4.78 is 26.1. The number of urea groups is 1. The normalized spacial score (nSPS) is 25.5. The lowest BCUT2D eigenvalue weighted by Crippen LogP contribution is -2.63. The lowest BCUT2D eigenvalue weighted by Gasteiger charge is -2.42. The summed E-state index contributed by atoms with van der Waals surface area (Å²) in [5.74, 6) is -2.12. The highest BCUT2D eigenvalue weighted by Crippen LogP contribution is 2.40. The number of hydrogen-bond acceptors (Lipinski definition) is 7. The highest BCUT2D eigenvalue weighted by Gasteiger charge is 2.50. The van der Waals surface area contributed by atoms with Gasteiger partial charge in [-0.3, -0.25) is 19.2 Å². The summed E-state index contributed by atoms with van der Waals surface area (Å²) in [5.41, 5.74) is -0.862. The Morgan fingerprint density at radius 1 is 0.800 bits per heavy atom. The van der Waals surface area contributed by atoms with Gasteiger partial charge in [0.25, 0.3) is 5.91 Å². The number of rotatable bonds is 18.